The molecule has 1 aliphatic rings. The van der Waals surface area contributed by atoms with E-state index in [-0.39, 0.29) is 6.04 Å². The highest BCUT2D eigenvalue weighted by Crippen LogP contribution is 2.30. The molecule has 2 aromatic heterocycles. The lowest BCUT2D eigenvalue weighted by molar-refractivity contribution is 0.321. The fourth-order valence-electron chi connectivity index (χ4n) is 2.85. The summed E-state index contributed by atoms with van der Waals surface area (Å²) in [6, 6.07) is 4.13. The van der Waals surface area contributed by atoms with E-state index in [4.69, 9.17) is 0 Å². The Morgan fingerprint density at radius 3 is 3.00 bits per heavy atom. The van der Waals surface area contributed by atoms with Gasteiger partial charge in [0.15, 0.2) is 0 Å². The van der Waals surface area contributed by atoms with E-state index in [1.54, 1.807) is 18.4 Å². The second kappa shape index (κ2) is 5.55. The average Bonchev–Trinajstić information content (AvgIpc) is 2.94. The standard InChI is InChI=1S/C14H19N3O2S2/c1-16(21(2,18)19)11-4-3-8-17(10-11)14-12-6-9-20-13(12)5-7-15-14/h5-7,9,11H,3-4,8,10H2,1-2H3. The molecule has 1 aliphatic heterocycles. The number of anilines is 1. The lowest BCUT2D eigenvalue weighted by Gasteiger charge is -2.37. The number of nitrogens with zero attached hydrogens (tertiary/aromatic N) is 3. The molecule has 0 aliphatic carbocycles. The van der Waals surface area contributed by atoms with Crippen molar-refractivity contribution in [3.63, 3.8) is 0 Å². The van der Waals surface area contributed by atoms with Gasteiger partial charge in [-0.1, -0.05) is 0 Å². The number of fused-ring (bicyclic) bond motifs is 1. The van der Waals surface area contributed by atoms with Crippen molar-refractivity contribution in [2.45, 2.75) is 18.9 Å². The van der Waals surface area contributed by atoms with Crippen LogP contribution in [0.25, 0.3) is 10.1 Å². The molecule has 114 valence electrons. The van der Waals surface area contributed by atoms with Crippen LogP contribution in [0.15, 0.2) is 23.7 Å². The Balaban J connectivity index is 1.88. The number of sulfonamides is 1. The molecule has 0 saturated carbocycles. The third-order valence-electron chi connectivity index (χ3n) is 4.09. The highest BCUT2D eigenvalue weighted by atomic mass is 32.2. The Kier molecular flexibility index (Phi) is 3.90. The smallest absolute Gasteiger partial charge is 0.211 e. The Hall–Kier alpha value is -1.18. The van der Waals surface area contributed by atoms with Crippen LogP contribution in [0.3, 0.4) is 0 Å². The van der Waals surface area contributed by atoms with E-state index in [2.05, 4.69) is 21.3 Å². The molecule has 0 spiro atoms. The summed E-state index contributed by atoms with van der Waals surface area (Å²) in [5.41, 5.74) is 0. The van der Waals surface area contributed by atoms with Crippen molar-refractivity contribution < 1.29 is 8.42 Å². The number of aromatic nitrogens is 1. The third-order valence-corrected chi connectivity index (χ3v) is 6.32. The quantitative estimate of drug-likeness (QED) is 0.868. The topological polar surface area (TPSA) is 53.5 Å². The highest BCUT2D eigenvalue weighted by molar-refractivity contribution is 7.88. The fourth-order valence-corrected chi connectivity index (χ4v) is 4.34. The molecule has 1 saturated heterocycles. The molecule has 0 radical (unpaired) electrons. The molecular weight excluding hydrogens is 306 g/mol. The maximum Gasteiger partial charge on any atom is 0.211 e. The lowest BCUT2D eigenvalue weighted by atomic mass is 10.1. The molecule has 1 atom stereocenters. The molecule has 3 rings (SSSR count). The van der Waals surface area contributed by atoms with E-state index in [9.17, 15) is 8.42 Å². The summed E-state index contributed by atoms with van der Waals surface area (Å²) in [7, 11) is -1.48. The number of rotatable bonds is 3. The van der Waals surface area contributed by atoms with E-state index in [0.717, 1.165) is 30.6 Å². The molecule has 0 bridgehead atoms. The maximum atomic E-state index is 11.7. The minimum absolute atomic E-state index is 0.0180. The summed E-state index contributed by atoms with van der Waals surface area (Å²) in [6.07, 6.45) is 4.98. The molecule has 0 N–H and O–H groups in total. The van der Waals surface area contributed by atoms with Crippen molar-refractivity contribution >= 4 is 37.3 Å². The molecular formula is C14H19N3O2S2. The van der Waals surface area contributed by atoms with Crippen LogP contribution in [0.1, 0.15) is 12.8 Å². The van der Waals surface area contributed by atoms with E-state index < -0.39 is 10.0 Å². The number of likely N-dealkylation sites (N-methyl/N-ethyl adjacent to an activating group) is 1. The lowest BCUT2D eigenvalue weighted by Crippen LogP contribution is -2.48. The first-order chi connectivity index (χ1) is 9.97. The second-order valence-corrected chi connectivity index (χ2v) is 8.48. The van der Waals surface area contributed by atoms with Crippen LogP contribution in [-0.4, -0.2) is 50.1 Å². The van der Waals surface area contributed by atoms with Gasteiger partial charge in [-0.15, -0.1) is 11.3 Å². The summed E-state index contributed by atoms with van der Waals surface area (Å²) in [6.45, 7) is 1.63. The van der Waals surface area contributed by atoms with Crippen molar-refractivity contribution in [3.05, 3.63) is 23.7 Å². The molecule has 2 aromatic rings. The first-order valence-corrected chi connectivity index (χ1v) is 9.70. The number of pyridine rings is 1. The Labute approximate surface area is 129 Å². The normalized spacial score (nSPS) is 20.3. The number of hydrogen-bond acceptors (Lipinski definition) is 5. The molecule has 0 amide bonds. The predicted molar refractivity (Wildman–Crippen MR) is 87.5 cm³/mol. The third kappa shape index (κ3) is 2.90. The summed E-state index contributed by atoms with van der Waals surface area (Å²) >= 11 is 1.70. The molecule has 0 aromatic carbocycles. The van der Waals surface area contributed by atoms with Gasteiger partial charge in [-0.25, -0.2) is 17.7 Å². The monoisotopic (exact) mass is 325 g/mol. The number of thiophene rings is 1. The largest absolute Gasteiger partial charge is 0.354 e. The first kappa shape index (κ1) is 14.7. The van der Waals surface area contributed by atoms with Crippen molar-refractivity contribution in [1.82, 2.24) is 9.29 Å². The van der Waals surface area contributed by atoms with Gasteiger partial charge in [0.1, 0.15) is 5.82 Å². The molecule has 7 heteroatoms. The summed E-state index contributed by atoms with van der Waals surface area (Å²) < 4.78 is 26.2. The predicted octanol–water partition coefficient (Wildman–Crippen LogP) is 2.16. The maximum absolute atomic E-state index is 11.7. The van der Waals surface area contributed by atoms with Crippen LogP contribution in [0.5, 0.6) is 0 Å². The van der Waals surface area contributed by atoms with Gasteiger partial charge in [0.25, 0.3) is 0 Å². The highest BCUT2D eigenvalue weighted by Gasteiger charge is 2.29. The van der Waals surface area contributed by atoms with Crippen LogP contribution in [0.2, 0.25) is 0 Å². The second-order valence-electron chi connectivity index (χ2n) is 5.49. The van der Waals surface area contributed by atoms with Crippen molar-refractivity contribution in [3.8, 4) is 0 Å². The minimum Gasteiger partial charge on any atom is -0.354 e. The average molecular weight is 325 g/mol. The minimum atomic E-state index is -3.15. The Morgan fingerprint density at radius 1 is 1.43 bits per heavy atom. The van der Waals surface area contributed by atoms with E-state index in [1.165, 1.54) is 15.3 Å². The van der Waals surface area contributed by atoms with Gasteiger partial charge in [0, 0.05) is 42.5 Å². The van der Waals surface area contributed by atoms with E-state index >= 15 is 0 Å². The van der Waals surface area contributed by atoms with Crippen molar-refractivity contribution in [2.24, 2.45) is 0 Å². The molecule has 5 nitrogen and oxygen atoms in total. The zero-order valence-electron chi connectivity index (χ0n) is 12.2. The summed E-state index contributed by atoms with van der Waals surface area (Å²) in [5.74, 6) is 0.973. The van der Waals surface area contributed by atoms with Crippen LogP contribution < -0.4 is 4.90 Å². The summed E-state index contributed by atoms with van der Waals surface area (Å²) in [5, 5.41) is 3.23. The van der Waals surface area contributed by atoms with Crippen LogP contribution in [0, 0.1) is 0 Å². The van der Waals surface area contributed by atoms with Crippen molar-refractivity contribution in [1.29, 1.82) is 0 Å². The zero-order valence-corrected chi connectivity index (χ0v) is 13.8. The molecule has 3 heterocycles. The van der Waals surface area contributed by atoms with Crippen LogP contribution >= 0.6 is 11.3 Å². The SMILES string of the molecule is CN(C1CCCN(c2nccc3sccc23)C1)S(C)(=O)=O. The number of hydrogen-bond donors (Lipinski definition) is 0. The first-order valence-electron chi connectivity index (χ1n) is 6.97. The van der Waals surface area contributed by atoms with Gasteiger partial charge in [-0.05, 0) is 30.4 Å². The Morgan fingerprint density at radius 2 is 2.24 bits per heavy atom. The van der Waals surface area contributed by atoms with Crippen molar-refractivity contribution in [2.75, 3.05) is 31.3 Å². The molecule has 21 heavy (non-hydrogen) atoms. The fraction of sp³-hybridized carbons (Fsp3) is 0.500. The molecule has 1 fully saturated rings. The van der Waals surface area contributed by atoms with E-state index in [0.29, 0.717) is 6.54 Å². The van der Waals surface area contributed by atoms with Gasteiger partial charge < -0.3 is 4.90 Å². The van der Waals surface area contributed by atoms with Gasteiger partial charge in [0.2, 0.25) is 10.0 Å². The van der Waals surface area contributed by atoms with Gasteiger partial charge in [-0.2, -0.15) is 0 Å². The van der Waals surface area contributed by atoms with Crippen LogP contribution in [0.4, 0.5) is 5.82 Å². The van der Waals surface area contributed by atoms with Gasteiger partial charge in [-0.3, -0.25) is 0 Å². The Bertz CT molecular complexity index is 742. The van der Waals surface area contributed by atoms with Crippen LogP contribution in [-0.2, 0) is 10.0 Å². The summed E-state index contributed by atoms with van der Waals surface area (Å²) in [4.78, 5) is 6.74. The van der Waals surface area contributed by atoms with Gasteiger partial charge in [0.05, 0.1) is 6.26 Å². The van der Waals surface area contributed by atoms with E-state index in [1.807, 2.05) is 12.3 Å². The van der Waals surface area contributed by atoms with Gasteiger partial charge >= 0.3 is 0 Å². The molecule has 1 unspecified atom stereocenters. The zero-order chi connectivity index (χ0) is 15.0. The number of piperidine rings is 1.